The number of nitrogens with zero attached hydrogens (tertiary/aromatic N) is 2. The first-order valence-corrected chi connectivity index (χ1v) is 6.00. The molecule has 1 heterocycles. The fraction of sp³-hybridized carbons (Fsp3) is 0.231. The predicted molar refractivity (Wildman–Crippen MR) is 72.6 cm³/mol. The number of nitrogens with two attached hydrogens (primary N) is 1. The second-order valence-electron chi connectivity index (χ2n) is 3.81. The molecule has 0 aliphatic carbocycles. The van der Waals surface area contributed by atoms with Crippen LogP contribution in [0.15, 0.2) is 30.5 Å². The van der Waals surface area contributed by atoms with Crippen molar-refractivity contribution < 1.29 is 9.47 Å². The highest BCUT2D eigenvalue weighted by Gasteiger charge is 2.19. The maximum absolute atomic E-state index is 6.18. The predicted octanol–water partition coefficient (Wildman–Crippen LogP) is 2.20. The fourth-order valence-corrected chi connectivity index (χ4v) is 1.96. The summed E-state index contributed by atoms with van der Waals surface area (Å²) < 4.78 is 10.2. The molecule has 1 aromatic carbocycles. The summed E-state index contributed by atoms with van der Waals surface area (Å²) in [5, 5.41) is 0.578. The Morgan fingerprint density at radius 1 is 1.21 bits per heavy atom. The molecule has 0 radical (unpaired) electrons. The Balaban J connectivity index is 2.44. The molecule has 6 heteroatoms. The van der Waals surface area contributed by atoms with Gasteiger partial charge in [-0.3, -0.25) is 0 Å². The second-order valence-corrected chi connectivity index (χ2v) is 4.21. The van der Waals surface area contributed by atoms with Crippen LogP contribution in [0.4, 0.5) is 0 Å². The lowest BCUT2D eigenvalue weighted by atomic mass is 10.0. The summed E-state index contributed by atoms with van der Waals surface area (Å²) in [4.78, 5) is 8.40. The number of hydrogen-bond donors (Lipinski definition) is 1. The third kappa shape index (κ3) is 2.77. The van der Waals surface area contributed by atoms with E-state index in [4.69, 9.17) is 26.8 Å². The van der Waals surface area contributed by atoms with Crippen LogP contribution < -0.4 is 15.2 Å². The van der Waals surface area contributed by atoms with Gasteiger partial charge in [0.05, 0.1) is 26.5 Å². The van der Waals surface area contributed by atoms with Crippen LogP contribution >= 0.6 is 11.6 Å². The van der Waals surface area contributed by atoms with Crippen molar-refractivity contribution in [3.05, 3.63) is 46.7 Å². The van der Waals surface area contributed by atoms with Gasteiger partial charge >= 0.3 is 0 Å². The Bertz CT molecular complexity index is 578. The van der Waals surface area contributed by atoms with Gasteiger partial charge in [0.25, 0.3) is 0 Å². The van der Waals surface area contributed by atoms with Crippen molar-refractivity contribution in [2.45, 2.75) is 6.04 Å². The zero-order valence-corrected chi connectivity index (χ0v) is 11.4. The molecule has 0 saturated heterocycles. The molecule has 1 unspecified atom stereocenters. The fourth-order valence-electron chi connectivity index (χ4n) is 1.70. The van der Waals surface area contributed by atoms with Crippen LogP contribution in [0.2, 0.25) is 5.02 Å². The summed E-state index contributed by atoms with van der Waals surface area (Å²) in [7, 11) is 3.02. The van der Waals surface area contributed by atoms with Gasteiger partial charge in [-0.15, -0.1) is 0 Å². The van der Waals surface area contributed by atoms with Crippen molar-refractivity contribution in [3.63, 3.8) is 0 Å². The minimum atomic E-state index is -0.512. The average Bonchev–Trinajstić information content (AvgIpc) is 2.46. The van der Waals surface area contributed by atoms with E-state index in [9.17, 15) is 0 Å². The Kier molecular flexibility index (Phi) is 4.19. The van der Waals surface area contributed by atoms with Crippen LogP contribution in [0, 0.1) is 0 Å². The highest BCUT2D eigenvalue weighted by molar-refractivity contribution is 6.31. The lowest BCUT2D eigenvalue weighted by Gasteiger charge is -2.15. The van der Waals surface area contributed by atoms with Gasteiger partial charge in [-0.25, -0.2) is 4.98 Å². The van der Waals surface area contributed by atoms with Gasteiger partial charge in [0.15, 0.2) is 0 Å². The first-order valence-electron chi connectivity index (χ1n) is 5.62. The number of aromatic nitrogens is 2. The van der Waals surface area contributed by atoms with Crippen molar-refractivity contribution >= 4 is 11.6 Å². The van der Waals surface area contributed by atoms with E-state index in [-0.39, 0.29) is 0 Å². The first kappa shape index (κ1) is 13.6. The van der Waals surface area contributed by atoms with Crippen LogP contribution in [0.5, 0.6) is 11.8 Å². The molecule has 0 aliphatic rings. The van der Waals surface area contributed by atoms with Gasteiger partial charge in [0, 0.05) is 5.02 Å². The average molecular weight is 280 g/mol. The standard InChI is InChI=1S/C13H14ClN3O2/c1-18-10-7-16-12(13(17-10)19-2)11(15)8-5-3-4-6-9(8)14/h3-7,11H,15H2,1-2H3. The summed E-state index contributed by atoms with van der Waals surface area (Å²) in [5.41, 5.74) is 7.45. The summed E-state index contributed by atoms with van der Waals surface area (Å²) in [6.45, 7) is 0. The smallest absolute Gasteiger partial charge is 0.240 e. The molecule has 1 atom stereocenters. The number of halogens is 1. The molecule has 0 saturated carbocycles. The molecule has 2 aromatic rings. The van der Waals surface area contributed by atoms with Gasteiger partial charge in [-0.1, -0.05) is 29.8 Å². The van der Waals surface area contributed by atoms with Crippen LogP contribution in [0.25, 0.3) is 0 Å². The van der Waals surface area contributed by atoms with E-state index >= 15 is 0 Å². The van der Waals surface area contributed by atoms with Crippen molar-refractivity contribution in [1.82, 2.24) is 9.97 Å². The van der Waals surface area contributed by atoms with Crippen molar-refractivity contribution in [3.8, 4) is 11.8 Å². The van der Waals surface area contributed by atoms with E-state index in [1.54, 1.807) is 6.07 Å². The second kappa shape index (κ2) is 5.86. The number of benzene rings is 1. The number of hydrogen-bond acceptors (Lipinski definition) is 5. The molecule has 0 amide bonds. The maximum atomic E-state index is 6.18. The molecule has 2 rings (SSSR count). The van der Waals surface area contributed by atoms with Gasteiger partial charge < -0.3 is 15.2 Å². The summed E-state index contributed by atoms with van der Waals surface area (Å²) in [5.74, 6) is 0.693. The monoisotopic (exact) mass is 279 g/mol. The van der Waals surface area contributed by atoms with E-state index in [0.29, 0.717) is 22.5 Å². The van der Waals surface area contributed by atoms with E-state index in [1.807, 2.05) is 18.2 Å². The summed E-state index contributed by atoms with van der Waals surface area (Å²) in [6.07, 6.45) is 1.49. The van der Waals surface area contributed by atoms with E-state index in [2.05, 4.69) is 9.97 Å². The van der Waals surface area contributed by atoms with Gasteiger partial charge in [-0.05, 0) is 11.6 Å². The van der Waals surface area contributed by atoms with Crippen molar-refractivity contribution in [2.24, 2.45) is 5.73 Å². The zero-order valence-electron chi connectivity index (χ0n) is 10.6. The van der Waals surface area contributed by atoms with Crippen molar-refractivity contribution in [2.75, 3.05) is 14.2 Å². The molecule has 0 aliphatic heterocycles. The molecule has 0 bridgehead atoms. The third-order valence-corrected chi connectivity index (χ3v) is 3.03. The SMILES string of the molecule is COc1cnc(C(N)c2ccccc2Cl)c(OC)n1. The summed E-state index contributed by atoms with van der Waals surface area (Å²) in [6, 6.07) is 6.82. The molecule has 1 aromatic heterocycles. The normalized spacial score (nSPS) is 12.0. The van der Waals surface area contributed by atoms with Crippen LogP contribution in [0.1, 0.15) is 17.3 Å². The molecule has 2 N–H and O–H groups in total. The summed E-state index contributed by atoms with van der Waals surface area (Å²) >= 11 is 6.13. The van der Waals surface area contributed by atoms with E-state index < -0.39 is 6.04 Å². The highest BCUT2D eigenvalue weighted by Crippen LogP contribution is 2.30. The molecular formula is C13H14ClN3O2. The third-order valence-electron chi connectivity index (χ3n) is 2.68. The lowest BCUT2D eigenvalue weighted by molar-refractivity contribution is 0.355. The maximum Gasteiger partial charge on any atom is 0.240 e. The number of methoxy groups -OCH3 is 2. The van der Waals surface area contributed by atoms with Gasteiger partial charge in [0.1, 0.15) is 5.69 Å². The highest BCUT2D eigenvalue weighted by atomic mass is 35.5. The zero-order chi connectivity index (χ0) is 13.8. The Hall–Kier alpha value is -1.85. The molecule has 19 heavy (non-hydrogen) atoms. The topological polar surface area (TPSA) is 70.3 Å². The Labute approximate surface area is 116 Å². The quantitative estimate of drug-likeness (QED) is 0.929. The van der Waals surface area contributed by atoms with E-state index in [0.717, 1.165) is 5.56 Å². The van der Waals surface area contributed by atoms with Crippen LogP contribution in [-0.4, -0.2) is 24.2 Å². The molecule has 100 valence electrons. The van der Waals surface area contributed by atoms with E-state index in [1.165, 1.54) is 20.4 Å². The number of ether oxygens (including phenoxy) is 2. The Morgan fingerprint density at radius 2 is 1.95 bits per heavy atom. The largest absolute Gasteiger partial charge is 0.480 e. The van der Waals surface area contributed by atoms with Crippen LogP contribution in [0.3, 0.4) is 0 Å². The molecular weight excluding hydrogens is 266 g/mol. The molecule has 5 nitrogen and oxygen atoms in total. The molecule has 0 fully saturated rings. The minimum absolute atomic E-state index is 0.326. The Morgan fingerprint density at radius 3 is 2.58 bits per heavy atom. The van der Waals surface area contributed by atoms with Gasteiger partial charge in [0.2, 0.25) is 11.8 Å². The molecule has 0 spiro atoms. The van der Waals surface area contributed by atoms with Crippen LogP contribution in [-0.2, 0) is 0 Å². The van der Waals surface area contributed by atoms with Crippen molar-refractivity contribution in [1.29, 1.82) is 0 Å². The lowest BCUT2D eigenvalue weighted by Crippen LogP contribution is -2.16. The first-order chi connectivity index (χ1) is 9.17. The van der Waals surface area contributed by atoms with Gasteiger partial charge in [-0.2, -0.15) is 4.98 Å². The minimum Gasteiger partial charge on any atom is -0.480 e. The number of rotatable bonds is 4.